The molecule has 3 heteroatoms. The summed E-state index contributed by atoms with van der Waals surface area (Å²) in [6.45, 7) is 19.7. The van der Waals surface area contributed by atoms with Crippen molar-refractivity contribution in [2.45, 2.75) is 84.6 Å². The van der Waals surface area contributed by atoms with E-state index in [1.165, 1.54) is 0 Å². The maximum Gasteiger partial charge on any atom is 0.0678 e. The molecule has 0 bridgehead atoms. The largest absolute Gasteiger partial charge is 0.369 e. The number of rotatable bonds is 5. The Morgan fingerprint density at radius 2 is 1.68 bits per heavy atom. The maximum atomic E-state index is 6.68. The van der Waals surface area contributed by atoms with Gasteiger partial charge in [0.1, 0.15) is 0 Å². The number of nitrogens with two attached hydrogens (primary N) is 1. The molecule has 1 aliphatic heterocycles. The molecule has 0 aromatic carbocycles. The minimum atomic E-state index is -0.145. The lowest BCUT2D eigenvalue weighted by Gasteiger charge is -2.46. The molecule has 1 fully saturated rings. The van der Waals surface area contributed by atoms with Crippen LogP contribution in [0.5, 0.6) is 0 Å². The molecule has 0 saturated carbocycles. The molecule has 1 heterocycles. The van der Waals surface area contributed by atoms with Gasteiger partial charge in [0.15, 0.2) is 0 Å². The van der Waals surface area contributed by atoms with E-state index in [0.29, 0.717) is 5.92 Å². The molecule has 19 heavy (non-hydrogen) atoms. The third-order valence-corrected chi connectivity index (χ3v) is 4.97. The lowest BCUT2D eigenvalue weighted by molar-refractivity contribution is -0.0820. The highest BCUT2D eigenvalue weighted by molar-refractivity contribution is 5.05. The van der Waals surface area contributed by atoms with Gasteiger partial charge < -0.3 is 10.5 Å². The zero-order valence-electron chi connectivity index (χ0n) is 14.2. The molecule has 0 spiro atoms. The van der Waals surface area contributed by atoms with Crippen molar-refractivity contribution in [2.24, 2.45) is 11.7 Å². The maximum absolute atomic E-state index is 6.68. The minimum Gasteiger partial charge on any atom is -0.369 e. The van der Waals surface area contributed by atoms with Crippen LogP contribution in [0, 0.1) is 5.92 Å². The van der Waals surface area contributed by atoms with Crippen LogP contribution in [0.1, 0.15) is 61.8 Å². The van der Waals surface area contributed by atoms with E-state index < -0.39 is 0 Å². The summed E-state index contributed by atoms with van der Waals surface area (Å²) in [5, 5.41) is 0. The fraction of sp³-hybridized carbons (Fsp3) is 1.00. The number of ether oxygens (including phenoxy) is 1. The minimum absolute atomic E-state index is 0.00475. The van der Waals surface area contributed by atoms with Gasteiger partial charge >= 0.3 is 0 Å². The molecule has 114 valence electrons. The summed E-state index contributed by atoms with van der Waals surface area (Å²) in [6, 6.07) is 0.115. The molecular weight excluding hydrogens is 236 g/mol. The summed E-state index contributed by atoms with van der Waals surface area (Å²) in [7, 11) is 0. The van der Waals surface area contributed by atoms with Gasteiger partial charge in [-0.15, -0.1) is 0 Å². The van der Waals surface area contributed by atoms with Gasteiger partial charge in [-0.05, 0) is 61.1 Å². The molecule has 2 atom stereocenters. The molecule has 2 unspecified atom stereocenters. The molecule has 0 aliphatic carbocycles. The average molecular weight is 270 g/mol. The van der Waals surface area contributed by atoms with Gasteiger partial charge in [-0.2, -0.15) is 0 Å². The van der Waals surface area contributed by atoms with E-state index in [0.717, 1.165) is 19.5 Å². The topological polar surface area (TPSA) is 38.5 Å². The third-order valence-electron chi connectivity index (χ3n) is 4.97. The third kappa shape index (κ3) is 3.32. The zero-order valence-corrected chi connectivity index (χ0v) is 14.2. The number of likely N-dealkylation sites (N-methyl/N-ethyl adjacent to an activating group) is 1. The summed E-state index contributed by atoms with van der Waals surface area (Å²) >= 11 is 0. The Bertz CT molecular complexity index is 306. The fourth-order valence-corrected chi connectivity index (χ4v) is 3.91. The van der Waals surface area contributed by atoms with Crippen molar-refractivity contribution >= 4 is 0 Å². The zero-order chi connectivity index (χ0) is 15.1. The lowest BCUT2D eigenvalue weighted by Crippen LogP contribution is -2.61. The summed E-state index contributed by atoms with van der Waals surface area (Å²) in [4.78, 5) is 2.46. The first-order valence-corrected chi connectivity index (χ1v) is 7.68. The Hall–Kier alpha value is -0.120. The number of hydrogen-bond acceptors (Lipinski definition) is 3. The van der Waals surface area contributed by atoms with Crippen molar-refractivity contribution in [1.82, 2.24) is 4.90 Å². The standard InChI is InChI=1S/C16H34N2O/c1-9-18(10-2)15(5,6)13(17)12-11-14(3,4)19-16(12,7)8/h12-13H,9-11,17H2,1-8H3. The van der Waals surface area contributed by atoms with E-state index in [2.05, 4.69) is 60.3 Å². The lowest BCUT2D eigenvalue weighted by atomic mass is 9.74. The van der Waals surface area contributed by atoms with Crippen molar-refractivity contribution in [3.63, 3.8) is 0 Å². The van der Waals surface area contributed by atoms with Gasteiger partial charge in [-0.25, -0.2) is 0 Å². The summed E-state index contributed by atoms with van der Waals surface area (Å²) in [5.41, 5.74) is 6.47. The van der Waals surface area contributed by atoms with E-state index in [1.54, 1.807) is 0 Å². The monoisotopic (exact) mass is 270 g/mol. The van der Waals surface area contributed by atoms with Crippen LogP contribution in [0.3, 0.4) is 0 Å². The molecule has 1 saturated heterocycles. The van der Waals surface area contributed by atoms with Crippen molar-refractivity contribution in [3.8, 4) is 0 Å². The quantitative estimate of drug-likeness (QED) is 0.834. The highest BCUT2D eigenvalue weighted by Crippen LogP contribution is 2.45. The van der Waals surface area contributed by atoms with Crippen LogP contribution in [0.2, 0.25) is 0 Å². The molecule has 3 nitrogen and oxygen atoms in total. The first-order valence-electron chi connectivity index (χ1n) is 7.68. The van der Waals surface area contributed by atoms with Crippen LogP contribution < -0.4 is 5.73 Å². The summed E-state index contributed by atoms with van der Waals surface area (Å²) in [5.74, 6) is 0.387. The average Bonchev–Trinajstić information content (AvgIpc) is 2.46. The summed E-state index contributed by atoms with van der Waals surface area (Å²) in [6.07, 6.45) is 1.03. The predicted octanol–water partition coefficient (Wildman–Crippen LogP) is 3.03. The molecule has 0 radical (unpaired) electrons. The smallest absolute Gasteiger partial charge is 0.0678 e. The van der Waals surface area contributed by atoms with Gasteiger partial charge in [0.25, 0.3) is 0 Å². The van der Waals surface area contributed by atoms with Crippen LogP contribution in [0.25, 0.3) is 0 Å². The van der Waals surface area contributed by atoms with Crippen LogP contribution >= 0.6 is 0 Å². The van der Waals surface area contributed by atoms with Crippen LogP contribution in [-0.4, -0.2) is 40.8 Å². The van der Waals surface area contributed by atoms with Gasteiger partial charge in [-0.1, -0.05) is 13.8 Å². The Morgan fingerprint density at radius 1 is 1.21 bits per heavy atom. The van der Waals surface area contributed by atoms with E-state index >= 15 is 0 Å². The fourth-order valence-electron chi connectivity index (χ4n) is 3.91. The van der Waals surface area contributed by atoms with Crippen molar-refractivity contribution in [3.05, 3.63) is 0 Å². The van der Waals surface area contributed by atoms with Gasteiger partial charge in [0.2, 0.25) is 0 Å². The normalized spacial score (nSPS) is 27.8. The molecular formula is C16H34N2O. The summed E-state index contributed by atoms with van der Waals surface area (Å²) < 4.78 is 6.21. The van der Waals surface area contributed by atoms with E-state index in [-0.39, 0.29) is 22.8 Å². The predicted molar refractivity (Wildman–Crippen MR) is 82.3 cm³/mol. The highest BCUT2D eigenvalue weighted by atomic mass is 16.5. The van der Waals surface area contributed by atoms with Gasteiger partial charge in [-0.3, -0.25) is 4.90 Å². The highest BCUT2D eigenvalue weighted by Gasteiger charge is 2.52. The van der Waals surface area contributed by atoms with Crippen molar-refractivity contribution in [1.29, 1.82) is 0 Å². The first kappa shape index (κ1) is 16.9. The SMILES string of the molecule is CCN(CC)C(C)(C)C(N)C1CC(C)(C)OC1(C)C. The van der Waals surface area contributed by atoms with Crippen molar-refractivity contribution < 1.29 is 4.74 Å². The van der Waals surface area contributed by atoms with E-state index in [1.807, 2.05) is 0 Å². The second-order valence-electron chi connectivity index (χ2n) is 7.63. The molecule has 1 rings (SSSR count). The van der Waals surface area contributed by atoms with Crippen LogP contribution in [-0.2, 0) is 4.74 Å². The molecule has 0 aromatic heterocycles. The van der Waals surface area contributed by atoms with Crippen LogP contribution in [0.4, 0.5) is 0 Å². The number of nitrogens with zero attached hydrogens (tertiary/aromatic N) is 1. The Kier molecular flexibility index (Phi) is 4.76. The molecule has 2 N–H and O–H groups in total. The first-order chi connectivity index (χ1) is 8.48. The molecule has 0 amide bonds. The molecule has 1 aliphatic rings. The Morgan fingerprint density at radius 3 is 2.00 bits per heavy atom. The van der Waals surface area contributed by atoms with Crippen LogP contribution in [0.15, 0.2) is 0 Å². The van der Waals surface area contributed by atoms with Crippen molar-refractivity contribution in [2.75, 3.05) is 13.1 Å². The van der Waals surface area contributed by atoms with Gasteiger partial charge in [0.05, 0.1) is 11.2 Å². The van der Waals surface area contributed by atoms with Gasteiger partial charge in [0, 0.05) is 17.5 Å². The second kappa shape index (κ2) is 5.34. The molecule has 0 aromatic rings. The Balaban J connectivity index is 2.96. The second-order valence-corrected chi connectivity index (χ2v) is 7.63. The Labute approximate surface area is 119 Å². The number of hydrogen-bond donors (Lipinski definition) is 1. The van der Waals surface area contributed by atoms with E-state index in [4.69, 9.17) is 10.5 Å². The van der Waals surface area contributed by atoms with E-state index in [9.17, 15) is 0 Å².